The van der Waals surface area contributed by atoms with Gasteiger partial charge in [-0.15, -0.1) is 0 Å². The molecule has 0 radical (unpaired) electrons. The molecule has 5 rings (SSSR count). The quantitative estimate of drug-likeness (QED) is 0.515. The molecule has 33 heavy (non-hydrogen) atoms. The molecule has 4 aromatic rings. The molecule has 1 N–H and O–H groups in total. The number of halogens is 1. The van der Waals surface area contributed by atoms with E-state index < -0.39 is 0 Å². The van der Waals surface area contributed by atoms with Gasteiger partial charge in [0.05, 0.1) is 11.6 Å². The molecule has 2 aromatic heterocycles. The number of carbonyl (C=O) groups is 1. The van der Waals surface area contributed by atoms with E-state index in [2.05, 4.69) is 15.2 Å². The highest BCUT2D eigenvalue weighted by molar-refractivity contribution is 5.92. The predicted molar refractivity (Wildman–Crippen MR) is 119 cm³/mol. The van der Waals surface area contributed by atoms with Crippen molar-refractivity contribution in [3.8, 4) is 17.1 Å². The molecule has 1 atom stereocenters. The first kappa shape index (κ1) is 20.9. The molecule has 0 aliphatic carbocycles. The number of H-pyrrole nitrogens is 1. The number of nitrogens with zero attached hydrogens (tertiary/aromatic N) is 4. The second-order valence-electron chi connectivity index (χ2n) is 8.24. The Labute approximate surface area is 188 Å². The number of aromatic nitrogens is 4. The van der Waals surface area contributed by atoms with E-state index in [1.165, 1.54) is 22.9 Å². The second-order valence-corrected chi connectivity index (χ2v) is 8.24. The molecular formula is C24H22FN5O3. The summed E-state index contributed by atoms with van der Waals surface area (Å²) in [6, 6.07) is 14.8. The van der Waals surface area contributed by atoms with E-state index >= 15 is 0 Å². The van der Waals surface area contributed by atoms with Crippen molar-refractivity contribution in [1.82, 2.24) is 24.8 Å². The van der Waals surface area contributed by atoms with Crippen LogP contribution >= 0.6 is 0 Å². The highest BCUT2D eigenvalue weighted by Gasteiger charge is 2.30. The van der Waals surface area contributed by atoms with Gasteiger partial charge in [0.2, 0.25) is 11.7 Å². The van der Waals surface area contributed by atoms with E-state index in [9.17, 15) is 14.0 Å². The molecule has 1 amide bonds. The number of amides is 1. The van der Waals surface area contributed by atoms with E-state index in [0.717, 1.165) is 18.4 Å². The van der Waals surface area contributed by atoms with Gasteiger partial charge in [0.1, 0.15) is 11.5 Å². The fourth-order valence-electron chi connectivity index (χ4n) is 4.07. The number of aryl methyl sites for hydroxylation is 1. The minimum atomic E-state index is -0.375. The molecule has 8 nitrogen and oxygen atoms in total. The molecule has 3 heterocycles. The van der Waals surface area contributed by atoms with Crippen LogP contribution in [-0.4, -0.2) is 43.8 Å². The minimum absolute atomic E-state index is 0.136. The zero-order valence-electron chi connectivity index (χ0n) is 18.0. The van der Waals surface area contributed by atoms with Crippen LogP contribution in [0.1, 0.15) is 40.7 Å². The lowest BCUT2D eigenvalue weighted by Crippen LogP contribution is -2.39. The lowest BCUT2D eigenvalue weighted by atomic mass is 9.97. The Hall–Kier alpha value is -4.01. The normalized spacial score (nSPS) is 16.2. The smallest absolute Gasteiger partial charge is 0.271 e. The number of hydrogen-bond donors (Lipinski definition) is 1. The molecule has 0 saturated carbocycles. The zero-order valence-corrected chi connectivity index (χ0v) is 18.0. The Morgan fingerprint density at radius 2 is 2.00 bits per heavy atom. The number of piperidine rings is 1. The van der Waals surface area contributed by atoms with Crippen molar-refractivity contribution >= 4 is 5.91 Å². The SMILES string of the molecule is Cc1ccc(-n2[nH]c(C(=O)N3CCCC(c4nc(-c5cccc(F)c5)no4)C3)cc2=O)cc1. The third-order valence-electron chi connectivity index (χ3n) is 5.83. The number of hydrogen-bond acceptors (Lipinski definition) is 5. The van der Waals surface area contributed by atoms with Gasteiger partial charge in [-0.25, -0.2) is 9.07 Å². The zero-order chi connectivity index (χ0) is 22.9. The van der Waals surface area contributed by atoms with Crippen LogP contribution in [0.2, 0.25) is 0 Å². The molecule has 1 aliphatic rings. The summed E-state index contributed by atoms with van der Waals surface area (Å²) < 4.78 is 20.3. The molecule has 1 fully saturated rings. The lowest BCUT2D eigenvalue weighted by molar-refractivity contribution is 0.0689. The Morgan fingerprint density at radius 1 is 1.18 bits per heavy atom. The van der Waals surface area contributed by atoms with Crippen LogP contribution in [0.25, 0.3) is 17.1 Å². The molecule has 1 unspecified atom stereocenters. The molecule has 2 aromatic carbocycles. The van der Waals surface area contributed by atoms with Gasteiger partial charge in [0, 0.05) is 24.7 Å². The number of likely N-dealkylation sites (tertiary alicyclic amines) is 1. The fourth-order valence-corrected chi connectivity index (χ4v) is 4.07. The maximum absolute atomic E-state index is 13.5. The van der Waals surface area contributed by atoms with Crippen LogP contribution in [0.4, 0.5) is 4.39 Å². The summed E-state index contributed by atoms with van der Waals surface area (Å²) in [6.45, 7) is 2.92. The summed E-state index contributed by atoms with van der Waals surface area (Å²) in [7, 11) is 0. The van der Waals surface area contributed by atoms with Gasteiger partial charge in [-0.05, 0) is 44.0 Å². The first-order chi connectivity index (χ1) is 16.0. The fraction of sp³-hybridized carbons (Fsp3) is 0.250. The monoisotopic (exact) mass is 447 g/mol. The molecule has 0 bridgehead atoms. The Kier molecular flexibility index (Phi) is 5.37. The standard InChI is InChI=1S/C24H22FN5O3/c1-15-7-9-19(10-8-15)30-21(31)13-20(27-30)24(32)29-11-3-5-17(14-29)23-26-22(28-33-23)16-4-2-6-18(25)12-16/h2,4,6-10,12-13,17,27H,3,5,11,14H2,1H3. The van der Waals surface area contributed by atoms with E-state index in [4.69, 9.17) is 4.52 Å². The third-order valence-corrected chi connectivity index (χ3v) is 5.83. The summed E-state index contributed by atoms with van der Waals surface area (Å²) in [6.07, 6.45) is 1.55. The molecule has 9 heteroatoms. The van der Waals surface area contributed by atoms with Crippen molar-refractivity contribution in [2.24, 2.45) is 0 Å². The Morgan fingerprint density at radius 3 is 2.79 bits per heavy atom. The van der Waals surface area contributed by atoms with Crippen molar-refractivity contribution in [3.63, 3.8) is 0 Å². The van der Waals surface area contributed by atoms with Gasteiger partial charge in [-0.3, -0.25) is 14.7 Å². The summed E-state index contributed by atoms with van der Waals surface area (Å²) in [5.74, 6) is -0.0410. The molecular weight excluding hydrogens is 425 g/mol. The molecule has 1 aliphatic heterocycles. The van der Waals surface area contributed by atoms with Crippen molar-refractivity contribution in [1.29, 1.82) is 0 Å². The third kappa shape index (κ3) is 4.21. The summed E-state index contributed by atoms with van der Waals surface area (Å²) in [5.41, 5.74) is 2.20. The first-order valence-electron chi connectivity index (χ1n) is 10.8. The number of nitrogens with one attached hydrogen (secondary N) is 1. The lowest BCUT2D eigenvalue weighted by Gasteiger charge is -2.30. The summed E-state index contributed by atoms with van der Waals surface area (Å²) in [4.78, 5) is 31.7. The van der Waals surface area contributed by atoms with Crippen LogP contribution in [0.3, 0.4) is 0 Å². The number of rotatable bonds is 4. The van der Waals surface area contributed by atoms with E-state index in [-0.39, 0.29) is 28.9 Å². The second kappa shape index (κ2) is 8.50. The van der Waals surface area contributed by atoms with Crippen molar-refractivity contribution < 1.29 is 13.7 Å². The Balaban J connectivity index is 1.33. The van der Waals surface area contributed by atoms with Crippen LogP contribution in [-0.2, 0) is 0 Å². The number of benzene rings is 2. The summed E-state index contributed by atoms with van der Waals surface area (Å²) >= 11 is 0. The number of carbonyl (C=O) groups excluding carboxylic acids is 1. The van der Waals surface area contributed by atoms with Gasteiger partial charge in [0.25, 0.3) is 11.5 Å². The largest absolute Gasteiger partial charge is 0.339 e. The van der Waals surface area contributed by atoms with E-state index in [0.29, 0.717) is 36.1 Å². The van der Waals surface area contributed by atoms with E-state index in [1.807, 2.05) is 31.2 Å². The molecule has 168 valence electrons. The molecule has 0 spiro atoms. The van der Waals surface area contributed by atoms with Crippen LogP contribution in [0.15, 0.2) is 63.9 Å². The maximum atomic E-state index is 13.5. The van der Waals surface area contributed by atoms with E-state index in [1.54, 1.807) is 17.0 Å². The van der Waals surface area contributed by atoms with Gasteiger partial charge in [0.15, 0.2) is 0 Å². The van der Waals surface area contributed by atoms with Crippen LogP contribution < -0.4 is 5.56 Å². The Bertz CT molecular complexity index is 1350. The van der Waals surface area contributed by atoms with Gasteiger partial charge in [-0.1, -0.05) is 35.0 Å². The van der Waals surface area contributed by atoms with Crippen LogP contribution in [0, 0.1) is 12.7 Å². The maximum Gasteiger partial charge on any atom is 0.271 e. The number of aromatic amines is 1. The van der Waals surface area contributed by atoms with Crippen molar-refractivity contribution in [3.05, 3.63) is 87.9 Å². The molecule has 1 saturated heterocycles. The van der Waals surface area contributed by atoms with Crippen molar-refractivity contribution in [2.75, 3.05) is 13.1 Å². The summed E-state index contributed by atoms with van der Waals surface area (Å²) in [5, 5.41) is 6.90. The predicted octanol–water partition coefficient (Wildman–Crippen LogP) is 3.68. The van der Waals surface area contributed by atoms with Gasteiger partial charge >= 0.3 is 0 Å². The average Bonchev–Trinajstić information content (AvgIpc) is 3.47. The average molecular weight is 447 g/mol. The minimum Gasteiger partial charge on any atom is -0.339 e. The topological polar surface area (TPSA) is 97.0 Å². The highest BCUT2D eigenvalue weighted by Crippen LogP contribution is 2.28. The van der Waals surface area contributed by atoms with Crippen molar-refractivity contribution in [2.45, 2.75) is 25.7 Å². The van der Waals surface area contributed by atoms with Gasteiger partial charge < -0.3 is 9.42 Å². The highest BCUT2D eigenvalue weighted by atomic mass is 19.1. The van der Waals surface area contributed by atoms with Crippen LogP contribution in [0.5, 0.6) is 0 Å². The first-order valence-corrected chi connectivity index (χ1v) is 10.8. The van der Waals surface area contributed by atoms with Gasteiger partial charge in [-0.2, -0.15) is 4.98 Å².